The maximum atomic E-state index is 13.2. The number of hydrogen-bond donors (Lipinski definition) is 1. The third kappa shape index (κ3) is 1.78. The molecule has 0 spiro atoms. The van der Waals surface area contributed by atoms with Crippen LogP contribution in [-0.2, 0) is 0 Å². The van der Waals surface area contributed by atoms with Crippen molar-refractivity contribution < 1.29 is 14.3 Å². The van der Waals surface area contributed by atoms with Crippen LogP contribution in [0.25, 0.3) is 10.9 Å². The van der Waals surface area contributed by atoms with Crippen molar-refractivity contribution in [3.63, 3.8) is 0 Å². The van der Waals surface area contributed by atoms with Crippen LogP contribution in [0.5, 0.6) is 0 Å². The summed E-state index contributed by atoms with van der Waals surface area (Å²) in [7, 11) is 0. The van der Waals surface area contributed by atoms with Gasteiger partial charge in [-0.3, -0.25) is 4.98 Å². The Morgan fingerprint density at radius 3 is 2.75 bits per heavy atom. The lowest BCUT2D eigenvalue weighted by Gasteiger charge is -2.05. The molecule has 1 N–H and O–H groups in total. The van der Waals surface area contributed by atoms with Gasteiger partial charge in [0.15, 0.2) is 0 Å². The predicted octanol–water partition coefficient (Wildman–Crippen LogP) is 3.14. The van der Waals surface area contributed by atoms with Crippen LogP contribution in [0.3, 0.4) is 0 Å². The second kappa shape index (κ2) is 3.83. The molecule has 0 aliphatic rings. The fourth-order valence-electron chi connectivity index (χ4n) is 1.56. The largest absolute Gasteiger partial charge is 0.478 e. The number of pyridine rings is 1. The summed E-state index contributed by atoms with van der Waals surface area (Å²) in [5.74, 6) is -1.58. The van der Waals surface area contributed by atoms with Gasteiger partial charge < -0.3 is 5.11 Å². The molecule has 82 valence electrons. The molecule has 0 atom stereocenters. The first kappa shape index (κ1) is 11.0. The molecule has 0 aliphatic heterocycles. The maximum Gasteiger partial charge on any atom is 0.336 e. The molecule has 16 heavy (non-hydrogen) atoms. The number of carbonyl (C=O) groups is 1. The average molecular weight is 284 g/mol. The summed E-state index contributed by atoms with van der Waals surface area (Å²) in [4.78, 5) is 15.2. The van der Waals surface area contributed by atoms with Gasteiger partial charge >= 0.3 is 5.97 Å². The third-order valence-electron chi connectivity index (χ3n) is 2.19. The standard InChI is InChI=1S/C11H7BrFNO2/c1-5-2-8(11(15)16)7-3-6(13)4-9(12)10(7)14-5/h2-4H,1H3,(H,15,16). The number of fused-ring (bicyclic) bond motifs is 1. The van der Waals surface area contributed by atoms with E-state index in [4.69, 9.17) is 5.11 Å². The lowest BCUT2D eigenvalue weighted by molar-refractivity contribution is 0.0699. The summed E-state index contributed by atoms with van der Waals surface area (Å²) in [5.41, 5.74) is 1.10. The zero-order valence-corrected chi connectivity index (χ0v) is 9.88. The number of carboxylic acids is 1. The van der Waals surface area contributed by atoms with Crippen molar-refractivity contribution >= 4 is 32.8 Å². The summed E-state index contributed by atoms with van der Waals surface area (Å²) in [6.45, 7) is 1.70. The number of nitrogens with zero attached hydrogens (tertiary/aromatic N) is 1. The predicted molar refractivity (Wildman–Crippen MR) is 61.1 cm³/mol. The van der Waals surface area contributed by atoms with Gasteiger partial charge in [-0.15, -0.1) is 0 Å². The molecule has 0 saturated heterocycles. The van der Waals surface area contributed by atoms with E-state index in [1.807, 2.05) is 0 Å². The molecule has 1 heterocycles. The van der Waals surface area contributed by atoms with Crippen LogP contribution in [-0.4, -0.2) is 16.1 Å². The Bertz CT molecular complexity index is 598. The van der Waals surface area contributed by atoms with Gasteiger partial charge in [-0.05, 0) is 41.1 Å². The van der Waals surface area contributed by atoms with Crippen molar-refractivity contribution in [1.82, 2.24) is 4.98 Å². The van der Waals surface area contributed by atoms with E-state index >= 15 is 0 Å². The molecule has 3 nitrogen and oxygen atoms in total. The lowest BCUT2D eigenvalue weighted by atomic mass is 10.1. The van der Waals surface area contributed by atoms with Crippen LogP contribution in [0.15, 0.2) is 22.7 Å². The van der Waals surface area contributed by atoms with Crippen LogP contribution in [0.4, 0.5) is 4.39 Å². The first-order chi connectivity index (χ1) is 7.49. The first-order valence-electron chi connectivity index (χ1n) is 4.48. The second-order valence-corrected chi connectivity index (χ2v) is 4.25. The van der Waals surface area contributed by atoms with E-state index in [9.17, 15) is 9.18 Å². The van der Waals surface area contributed by atoms with Gasteiger partial charge in [-0.1, -0.05) is 0 Å². The Kier molecular flexibility index (Phi) is 2.63. The quantitative estimate of drug-likeness (QED) is 0.875. The summed E-state index contributed by atoms with van der Waals surface area (Å²) in [6.07, 6.45) is 0. The molecule has 0 saturated carbocycles. The van der Waals surface area contributed by atoms with Gasteiger partial charge in [0.2, 0.25) is 0 Å². The highest BCUT2D eigenvalue weighted by molar-refractivity contribution is 9.10. The SMILES string of the molecule is Cc1cc(C(=O)O)c2cc(F)cc(Br)c2n1. The summed E-state index contributed by atoms with van der Waals surface area (Å²) >= 11 is 3.17. The highest BCUT2D eigenvalue weighted by atomic mass is 79.9. The molecule has 1 aromatic carbocycles. The molecule has 0 bridgehead atoms. The minimum Gasteiger partial charge on any atom is -0.478 e. The van der Waals surface area contributed by atoms with Crippen molar-refractivity contribution in [3.05, 3.63) is 39.7 Å². The van der Waals surface area contributed by atoms with Gasteiger partial charge in [-0.25, -0.2) is 9.18 Å². The van der Waals surface area contributed by atoms with Crippen LogP contribution < -0.4 is 0 Å². The van der Waals surface area contributed by atoms with Crippen molar-refractivity contribution in [1.29, 1.82) is 0 Å². The monoisotopic (exact) mass is 283 g/mol. The van der Waals surface area contributed by atoms with Crippen molar-refractivity contribution in [2.24, 2.45) is 0 Å². The van der Waals surface area contributed by atoms with Crippen LogP contribution in [0.1, 0.15) is 16.1 Å². The fraction of sp³-hybridized carbons (Fsp3) is 0.0909. The lowest BCUT2D eigenvalue weighted by Crippen LogP contribution is -2.01. The van der Waals surface area contributed by atoms with Crippen molar-refractivity contribution in [3.8, 4) is 0 Å². The molecule has 2 rings (SSSR count). The Morgan fingerprint density at radius 2 is 2.12 bits per heavy atom. The molecule has 0 amide bonds. The van der Waals surface area contributed by atoms with E-state index < -0.39 is 11.8 Å². The average Bonchev–Trinajstić information content (AvgIpc) is 2.18. The van der Waals surface area contributed by atoms with Crippen molar-refractivity contribution in [2.45, 2.75) is 6.92 Å². The summed E-state index contributed by atoms with van der Waals surface area (Å²) in [6, 6.07) is 3.87. The number of halogens is 2. The Hall–Kier alpha value is -1.49. The molecular formula is C11H7BrFNO2. The van der Waals surface area contributed by atoms with E-state index in [0.29, 0.717) is 21.1 Å². The number of benzene rings is 1. The Morgan fingerprint density at radius 1 is 1.44 bits per heavy atom. The minimum absolute atomic E-state index is 0.0581. The molecule has 0 fully saturated rings. The molecule has 1 aromatic heterocycles. The summed E-state index contributed by atoms with van der Waals surface area (Å²) in [5, 5.41) is 9.32. The number of aromatic carboxylic acids is 1. The highest BCUT2D eigenvalue weighted by Gasteiger charge is 2.13. The van der Waals surface area contributed by atoms with Crippen molar-refractivity contribution in [2.75, 3.05) is 0 Å². The highest BCUT2D eigenvalue weighted by Crippen LogP contribution is 2.27. The van der Waals surface area contributed by atoms with E-state index in [0.717, 1.165) is 0 Å². The fourth-order valence-corrected chi connectivity index (χ4v) is 2.08. The first-order valence-corrected chi connectivity index (χ1v) is 5.28. The maximum absolute atomic E-state index is 13.2. The smallest absolute Gasteiger partial charge is 0.336 e. The van der Waals surface area contributed by atoms with E-state index in [-0.39, 0.29) is 5.56 Å². The van der Waals surface area contributed by atoms with Gasteiger partial charge in [0.1, 0.15) is 5.82 Å². The molecule has 0 unspecified atom stereocenters. The van der Waals surface area contributed by atoms with E-state index in [1.54, 1.807) is 6.92 Å². The Balaban J connectivity index is 2.95. The number of rotatable bonds is 1. The van der Waals surface area contributed by atoms with Crippen LogP contribution in [0, 0.1) is 12.7 Å². The molecule has 0 radical (unpaired) electrons. The number of aryl methyl sites for hydroxylation is 1. The molecule has 2 aromatic rings. The molecule has 5 heteroatoms. The molecule has 0 aliphatic carbocycles. The second-order valence-electron chi connectivity index (χ2n) is 3.40. The minimum atomic E-state index is -1.09. The number of carboxylic acid groups (broad SMARTS) is 1. The van der Waals surface area contributed by atoms with Gasteiger partial charge in [-0.2, -0.15) is 0 Å². The van der Waals surface area contributed by atoms with Gasteiger partial charge in [0.25, 0.3) is 0 Å². The Labute approximate surface area is 99.1 Å². The zero-order valence-electron chi connectivity index (χ0n) is 8.29. The van der Waals surface area contributed by atoms with Gasteiger partial charge in [0.05, 0.1) is 11.1 Å². The van der Waals surface area contributed by atoms with E-state index in [2.05, 4.69) is 20.9 Å². The third-order valence-corrected chi connectivity index (χ3v) is 2.79. The van der Waals surface area contributed by atoms with Crippen LogP contribution >= 0.6 is 15.9 Å². The number of hydrogen-bond acceptors (Lipinski definition) is 2. The normalized spacial score (nSPS) is 10.7. The number of aromatic nitrogens is 1. The topological polar surface area (TPSA) is 50.2 Å². The molecular weight excluding hydrogens is 277 g/mol. The van der Waals surface area contributed by atoms with Gasteiger partial charge in [0, 0.05) is 15.6 Å². The summed E-state index contributed by atoms with van der Waals surface area (Å²) < 4.78 is 13.6. The zero-order chi connectivity index (χ0) is 11.9. The van der Waals surface area contributed by atoms with Crippen LogP contribution in [0.2, 0.25) is 0 Å². The van der Waals surface area contributed by atoms with E-state index in [1.165, 1.54) is 18.2 Å².